The number of alkyl halides is 1. The highest BCUT2D eigenvalue weighted by atomic mass is 35.5. The standard InChI is InChI=1S/C16H22ClFN4O2/c1-2-21-8-11(7-19)16(24)14(6-15(17)20)22-13-4-3-12(18)5-10(13)9-23/h3-8,15-16,19,21-24H,2,9,20H2,1H3/b11-8+,14-6-,19-7?. The van der Waals surface area contributed by atoms with Crippen molar-refractivity contribution in [3.8, 4) is 0 Å². The zero-order valence-electron chi connectivity index (χ0n) is 13.3. The molecule has 0 amide bonds. The predicted octanol–water partition coefficient (Wildman–Crippen LogP) is 1.64. The number of benzene rings is 1. The van der Waals surface area contributed by atoms with E-state index >= 15 is 0 Å². The van der Waals surface area contributed by atoms with Crippen LogP contribution in [0.1, 0.15) is 12.5 Å². The molecule has 6 nitrogen and oxygen atoms in total. The summed E-state index contributed by atoms with van der Waals surface area (Å²) in [7, 11) is 0. The van der Waals surface area contributed by atoms with Crippen molar-refractivity contribution in [3.05, 3.63) is 53.1 Å². The summed E-state index contributed by atoms with van der Waals surface area (Å²) in [6.07, 6.45) is 2.67. The summed E-state index contributed by atoms with van der Waals surface area (Å²) < 4.78 is 13.3. The van der Waals surface area contributed by atoms with Gasteiger partial charge in [-0.2, -0.15) is 0 Å². The third-order valence-corrected chi connectivity index (χ3v) is 3.23. The molecule has 0 bridgehead atoms. The number of halogens is 2. The minimum Gasteiger partial charge on any atom is -0.392 e. The smallest absolute Gasteiger partial charge is 0.123 e. The van der Waals surface area contributed by atoms with Gasteiger partial charge in [-0.1, -0.05) is 0 Å². The molecule has 0 aliphatic carbocycles. The Labute approximate surface area is 145 Å². The monoisotopic (exact) mass is 356 g/mol. The number of rotatable bonds is 9. The molecule has 7 N–H and O–H groups in total. The molecule has 2 atom stereocenters. The normalized spacial score (nSPS) is 14.9. The lowest BCUT2D eigenvalue weighted by Gasteiger charge is -2.20. The topological polar surface area (TPSA) is 114 Å². The first kappa shape index (κ1) is 20.1. The Hall–Kier alpha value is -1.93. The van der Waals surface area contributed by atoms with Crippen molar-refractivity contribution in [1.82, 2.24) is 5.32 Å². The van der Waals surface area contributed by atoms with Crippen LogP contribution in [0.25, 0.3) is 0 Å². The van der Waals surface area contributed by atoms with E-state index in [9.17, 15) is 14.6 Å². The highest BCUT2D eigenvalue weighted by Gasteiger charge is 2.17. The maximum Gasteiger partial charge on any atom is 0.123 e. The van der Waals surface area contributed by atoms with Gasteiger partial charge in [0.05, 0.1) is 6.61 Å². The fourth-order valence-electron chi connectivity index (χ4n) is 1.94. The van der Waals surface area contributed by atoms with E-state index in [2.05, 4.69) is 10.6 Å². The Morgan fingerprint density at radius 2 is 2.21 bits per heavy atom. The van der Waals surface area contributed by atoms with Gasteiger partial charge in [0, 0.05) is 41.5 Å². The van der Waals surface area contributed by atoms with Gasteiger partial charge in [-0.15, -0.1) is 11.6 Å². The summed E-state index contributed by atoms with van der Waals surface area (Å²) in [5, 5.41) is 33.1. The Morgan fingerprint density at radius 1 is 1.50 bits per heavy atom. The van der Waals surface area contributed by atoms with Crippen molar-refractivity contribution in [2.45, 2.75) is 25.1 Å². The third-order valence-electron chi connectivity index (χ3n) is 3.11. The number of aliphatic hydroxyl groups is 2. The van der Waals surface area contributed by atoms with E-state index in [1.807, 2.05) is 6.92 Å². The van der Waals surface area contributed by atoms with Crippen LogP contribution >= 0.6 is 11.6 Å². The number of aliphatic hydroxyl groups excluding tert-OH is 2. The van der Waals surface area contributed by atoms with E-state index in [0.29, 0.717) is 17.8 Å². The van der Waals surface area contributed by atoms with Gasteiger partial charge in [0.25, 0.3) is 0 Å². The summed E-state index contributed by atoms with van der Waals surface area (Å²) in [6, 6.07) is 3.83. The van der Waals surface area contributed by atoms with Gasteiger partial charge in [-0.3, -0.25) is 0 Å². The van der Waals surface area contributed by atoms with Crippen LogP contribution in [0, 0.1) is 11.2 Å². The van der Waals surface area contributed by atoms with Gasteiger partial charge in [0.1, 0.15) is 17.4 Å². The second-order valence-electron chi connectivity index (χ2n) is 4.90. The molecule has 2 unspecified atom stereocenters. The van der Waals surface area contributed by atoms with Gasteiger partial charge in [-0.25, -0.2) is 4.39 Å². The molecule has 24 heavy (non-hydrogen) atoms. The quantitative estimate of drug-likeness (QED) is 0.229. The number of hydrogen-bond acceptors (Lipinski definition) is 6. The second kappa shape index (κ2) is 10.0. The average Bonchev–Trinajstić information content (AvgIpc) is 2.55. The molecule has 132 valence electrons. The summed E-state index contributed by atoms with van der Waals surface area (Å²) >= 11 is 5.78. The van der Waals surface area contributed by atoms with Crippen molar-refractivity contribution in [1.29, 1.82) is 5.41 Å². The molecule has 1 aromatic carbocycles. The molecule has 0 aliphatic rings. The van der Waals surface area contributed by atoms with Gasteiger partial charge in [0.2, 0.25) is 0 Å². The Balaban J connectivity index is 3.17. The lowest BCUT2D eigenvalue weighted by molar-refractivity contribution is 0.253. The predicted molar refractivity (Wildman–Crippen MR) is 94.4 cm³/mol. The van der Waals surface area contributed by atoms with Gasteiger partial charge in [-0.05, 0) is 31.2 Å². The molecule has 0 heterocycles. The molecule has 1 rings (SSSR count). The van der Waals surface area contributed by atoms with Crippen LogP contribution in [0.5, 0.6) is 0 Å². The molecule has 0 saturated heterocycles. The molecule has 0 aromatic heterocycles. The van der Waals surface area contributed by atoms with Crippen LogP contribution in [0.2, 0.25) is 0 Å². The molecule has 0 radical (unpaired) electrons. The van der Waals surface area contributed by atoms with Crippen molar-refractivity contribution in [2.75, 3.05) is 11.9 Å². The SMILES string of the molecule is CCN/C=C(\C=N)C(O)/C(=C/C(N)Cl)Nc1ccc(F)cc1CO. The highest BCUT2D eigenvalue weighted by Crippen LogP contribution is 2.22. The van der Waals surface area contributed by atoms with Crippen LogP contribution in [-0.4, -0.2) is 34.6 Å². The van der Waals surface area contributed by atoms with Crippen molar-refractivity contribution >= 4 is 23.5 Å². The van der Waals surface area contributed by atoms with E-state index in [-0.39, 0.29) is 17.9 Å². The number of nitrogens with one attached hydrogen (secondary N) is 3. The van der Waals surface area contributed by atoms with E-state index in [0.717, 1.165) is 6.21 Å². The van der Waals surface area contributed by atoms with E-state index in [4.69, 9.17) is 22.7 Å². The molecule has 0 fully saturated rings. The van der Waals surface area contributed by atoms with Crippen molar-refractivity contribution in [2.24, 2.45) is 5.73 Å². The lowest BCUT2D eigenvalue weighted by Crippen LogP contribution is -2.25. The van der Waals surface area contributed by atoms with E-state index < -0.39 is 17.4 Å². The summed E-state index contributed by atoms with van der Waals surface area (Å²) in [5.74, 6) is -0.489. The zero-order valence-corrected chi connectivity index (χ0v) is 14.0. The van der Waals surface area contributed by atoms with E-state index in [1.54, 1.807) is 0 Å². The number of anilines is 1. The Kier molecular flexibility index (Phi) is 8.42. The fourth-order valence-corrected chi connectivity index (χ4v) is 2.08. The van der Waals surface area contributed by atoms with Crippen LogP contribution < -0.4 is 16.4 Å². The molecular weight excluding hydrogens is 335 g/mol. The van der Waals surface area contributed by atoms with Crippen LogP contribution in [0.15, 0.2) is 41.7 Å². The highest BCUT2D eigenvalue weighted by molar-refractivity contribution is 6.21. The first-order valence-electron chi connectivity index (χ1n) is 7.32. The number of hydrogen-bond donors (Lipinski definition) is 6. The molecule has 1 aromatic rings. The first-order chi connectivity index (χ1) is 11.4. The molecule has 0 saturated carbocycles. The number of nitrogens with two attached hydrogens (primary N) is 1. The third kappa shape index (κ3) is 5.93. The van der Waals surface area contributed by atoms with Crippen LogP contribution in [0.3, 0.4) is 0 Å². The second-order valence-corrected chi connectivity index (χ2v) is 5.40. The summed E-state index contributed by atoms with van der Waals surface area (Å²) in [5.41, 5.74) is 5.87. The minimum absolute atomic E-state index is 0.214. The fraction of sp³-hybridized carbons (Fsp3) is 0.312. The summed E-state index contributed by atoms with van der Waals surface area (Å²) in [6.45, 7) is 2.11. The van der Waals surface area contributed by atoms with Gasteiger partial charge in [0.15, 0.2) is 0 Å². The Bertz CT molecular complexity index is 620. The zero-order chi connectivity index (χ0) is 18.1. The maximum absolute atomic E-state index is 13.3. The lowest BCUT2D eigenvalue weighted by atomic mass is 10.1. The van der Waals surface area contributed by atoms with Crippen LogP contribution in [-0.2, 0) is 6.61 Å². The largest absolute Gasteiger partial charge is 0.392 e. The van der Waals surface area contributed by atoms with Gasteiger partial charge < -0.3 is 32.0 Å². The van der Waals surface area contributed by atoms with Crippen LogP contribution in [0.4, 0.5) is 10.1 Å². The van der Waals surface area contributed by atoms with Gasteiger partial charge >= 0.3 is 0 Å². The molecule has 0 spiro atoms. The molecular formula is C16H22ClFN4O2. The summed E-state index contributed by atoms with van der Waals surface area (Å²) in [4.78, 5) is 0. The Morgan fingerprint density at radius 3 is 2.75 bits per heavy atom. The molecule has 8 heteroatoms. The van der Waals surface area contributed by atoms with Crippen molar-refractivity contribution in [3.63, 3.8) is 0 Å². The molecule has 0 aliphatic heterocycles. The van der Waals surface area contributed by atoms with Crippen molar-refractivity contribution < 1.29 is 14.6 Å². The first-order valence-corrected chi connectivity index (χ1v) is 7.76. The van der Waals surface area contributed by atoms with E-state index in [1.165, 1.54) is 30.5 Å². The maximum atomic E-state index is 13.3. The minimum atomic E-state index is -1.21. The average molecular weight is 357 g/mol.